The second-order valence-electron chi connectivity index (χ2n) is 10.4. The van der Waals surface area contributed by atoms with Gasteiger partial charge in [0.1, 0.15) is 22.8 Å². The number of amides is 1. The number of imidazole rings is 1. The molecule has 0 aliphatic carbocycles. The number of anilines is 2. The van der Waals surface area contributed by atoms with E-state index in [1.807, 2.05) is 25.1 Å². The smallest absolute Gasteiger partial charge is 0.224 e. The summed E-state index contributed by atoms with van der Waals surface area (Å²) in [6, 6.07) is 11.2. The minimum Gasteiger partial charge on any atom is -0.384 e. The number of benzene rings is 2. The lowest BCUT2D eigenvalue weighted by atomic mass is 10.0. The molecule has 6 rings (SSSR count). The molecule has 0 fully saturated rings. The van der Waals surface area contributed by atoms with E-state index in [1.54, 1.807) is 31.3 Å². The van der Waals surface area contributed by atoms with Crippen LogP contribution in [0.1, 0.15) is 13.3 Å². The molecule has 6 aromatic rings. The summed E-state index contributed by atoms with van der Waals surface area (Å²) >= 11 is 0. The van der Waals surface area contributed by atoms with Crippen LogP contribution in [0.15, 0.2) is 61.1 Å². The van der Waals surface area contributed by atoms with Crippen molar-refractivity contribution in [3.05, 3.63) is 72.7 Å². The van der Waals surface area contributed by atoms with E-state index in [0.29, 0.717) is 80.2 Å². The summed E-state index contributed by atoms with van der Waals surface area (Å²) in [4.78, 5) is 30.7. The number of carbonyl (C=O) groups is 1. The fourth-order valence-corrected chi connectivity index (χ4v) is 4.86. The van der Waals surface area contributed by atoms with Crippen molar-refractivity contribution in [1.82, 2.24) is 35.0 Å². The average molecular weight is 582 g/mol. The van der Waals surface area contributed by atoms with Gasteiger partial charge in [-0.25, -0.2) is 13.8 Å². The maximum absolute atomic E-state index is 15.2. The molecule has 0 saturated heterocycles. The zero-order valence-electron chi connectivity index (χ0n) is 23.8. The number of H-pyrrole nitrogens is 2. The molecular formula is C31H29F2N9O. The first-order chi connectivity index (χ1) is 20.8. The molecule has 1 amide bonds. The Morgan fingerprint density at radius 2 is 1.81 bits per heavy atom. The van der Waals surface area contributed by atoms with Crippen LogP contribution in [0.2, 0.25) is 0 Å². The van der Waals surface area contributed by atoms with Crippen molar-refractivity contribution in [1.29, 1.82) is 0 Å². The first kappa shape index (κ1) is 27.9. The van der Waals surface area contributed by atoms with Crippen LogP contribution in [-0.4, -0.2) is 68.1 Å². The standard InChI is InChI=1S/C31H29F2N9O/c1-4-27(43)37-21-11-18(15-34-16-21)22-13-23-26(14-24(22)33)40-41-29(23)31-38-25-5-6-36-28(30(25)39-31)17-9-19(32)12-20(10-17)35-7-8-42(2)3/h5-6,9-16,35H,4,7-8H2,1-3H3,(H,37,43)(H,38,39)(H,40,41). The first-order valence-electron chi connectivity index (χ1n) is 13.8. The lowest BCUT2D eigenvalue weighted by Crippen LogP contribution is -2.20. The molecule has 4 aromatic heterocycles. The number of aromatic nitrogens is 6. The Bertz CT molecular complexity index is 1960. The summed E-state index contributed by atoms with van der Waals surface area (Å²) in [6.07, 6.45) is 4.99. The predicted octanol–water partition coefficient (Wildman–Crippen LogP) is 5.83. The summed E-state index contributed by atoms with van der Waals surface area (Å²) in [7, 11) is 3.95. The molecule has 0 aliphatic heterocycles. The lowest BCUT2D eigenvalue weighted by molar-refractivity contribution is -0.115. The van der Waals surface area contributed by atoms with Gasteiger partial charge in [-0.2, -0.15) is 5.10 Å². The summed E-state index contributed by atoms with van der Waals surface area (Å²) in [5.74, 6) is -0.586. The quantitative estimate of drug-likeness (QED) is 0.169. The third kappa shape index (κ3) is 5.77. The van der Waals surface area contributed by atoms with Crippen LogP contribution in [0.5, 0.6) is 0 Å². The Labute approximate surface area is 245 Å². The number of carbonyl (C=O) groups excluding carboxylic acids is 1. The van der Waals surface area contributed by atoms with Gasteiger partial charge < -0.3 is 20.5 Å². The fourth-order valence-electron chi connectivity index (χ4n) is 4.86. The number of hydrogen-bond acceptors (Lipinski definition) is 7. The number of aromatic amines is 2. The Hall–Kier alpha value is -5.23. The minimum absolute atomic E-state index is 0.166. The zero-order chi connectivity index (χ0) is 30.1. The lowest BCUT2D eigenvalue weighted by Gasteiger charge is -2.12. The van der Waals surface area contributed by atoms with Crippen molar-refractivity contribution < 1.29 is 13.6 Å². The zero-order valence-corrected chi connectivity index (χ0v) is 23.8. The molecule has 0 radical (unpaired) electrons. The highest BCUT2D eigenvalue weighted by Gasteiger charge is 2.19. The molecule has 0 unspecified atom stereocenters. The van der Waals surface area contributed by atoms with Gasteiger partial charge in [-0.05, 0) is 50.5 Å². The van der Waals surface area contributed by atoms with Crippen LogP contribution in [0.4, 0.5) is 20.2 Å². The molecule has 0 bridgehead atoms. The molecule has 0 aliphatic rings. The molecular weight excluding hydrogens is 552 g/mol. The first-order valence-corrected chi connectivity index (χ1v) is 13.8. The van der Waals surface area contributed by atoms with Crippen LogP contribution >= 0.6 is 0 Å². The van der Waals surface area contributed by atoms with E-state index in [2.05, 4.69) is 35.8 Å². The number of pyridine rings is 2. The van der Waals surface area contributed by atoms with E-state index < -0.39 is 5.82 Å². The van der Waals surface area contributed by atoms with E-state index in [1.165, 1.54) is 30.6 Å². The van der Waals surface area contributed by atoms with Crippen LogP contribution in [-0.2, 0) is 4.79 Å². The Morgan fingerprint density at radius 3 is 2.63 bits per heavy atom. The molecule has 43 heavy (non-hydrogen) atoms. The van der Waals surface area contributed by atoms with Gasteiger partial charge in [-0.15, -0.1) is 0 Å². The average Bonchev–Trinajstić information content (AvgIpc) is 3.60. The van der Waals surface area contributed by atoms with Gasteiger partial charge in [0.25, 0.3) is 0 Å². The van der Waals surface area contributed by atoms with Crippen molar-refractivity contribution in [2.45, 2.75) is 13.3 Å². The van der Waals surface area contributed by atoms with Crippen LogP contribution in [0.3, 0.4) is 0 Å². The number of rotatable bonds is 9. The van der Waals surface area contributed by atoms with E-state index in [4.69, 9.17) is 4.98 Å². The maximum atomic E-state index is 15.2. The number of halogens is 2. The summed E-state index contributed by atoms with van der Waals surface area (Å²) in [5, 5.41) is 14.0. The van der Waals surface area contributed by atoms with Crippen molar-refractivity contribution in [3.8, 4) is 33.9 Å². The van der Waals surface area contributed by atoms with E-state index in [0.717, 1.165) is 6.54 Å². The third-order valence-corrected chi connectivity index (χ3v) is 6.99. The van der Waals surface area contributed by atoms with Gasteiger partial charge in [-0.1, -0.05) is 6.92 Å². The SMILES string of the molecule is CCC(=O)Nc1cncc(-c2cc3c(-c4nc5c(-c6cc(F)cc(NCCN(C)C)c6)nccc5[nH]4)n[nH]c3cc2F)c1. The number of fused-ring (bicyclic) bond motifs is 2. The number of nitrogens with zero attached hydrogens (tertiary/aromatic N) is 5. The molecule has 12 heteroatoms. The highest BCUT2D eigenvalue weighted by Crippen LogP contribution is 2.34. The summed E-state index contributed by atoms with van der Waals surface area (Å²) in [6.45, 7) is 3.20. The third-order valence-electron chi connectivity index (χ3n) is 6.99. The van der Waals surface area contributed by atoms with Gasteiger partial charge in [0.05, 0.1) is 28.6 Å². The Balaban J connectivity index is 1.39. The highest BCUT2D eigenvalue weighted by atomic mass is 19.1. The van der Waals surface area contributed by atoms with Gasteiger partial charge in [0.2, 0.25) is 5.91 Å². The van der Waals surface area contributed by atoms with Crippen molar-refractivity contribution >= 4 is 39.2 Å². The maximum Gasteiger partial charge on any atom is 0.224 e. The number of nitrogens with one attached hydrogen (secondary N) is 4. The monoisotopic (exact) mass is 581 g/mol. The summed E-state index contributed by atoms with van der Waals surface area (Å²) < 4.78 is 29.9. The van der Waals surface area contributed by atoms with Gasteiger partial charge in [0, 0.05) is 65.7 Å². The summed E-state index contributed by atoms with van der Waals surface area (Å²) in [5.41, 5.74) is 5.20. The van der Waals surface area contributed by atoms with Crippen molar-refractivity contribution in [2.24, 2.45) is 0 Å². The van der Waals surface area contributed by atoms with Crippen LogP contribution in [0.25, 0.3) is 55.8 Å². The fraction of sp³-hybridized carbons (Fsp3) is 0.194. The molecule has 4 heterocycles. The topological polar surface area (TPSA) is 128 Å². The van der Waals surface area contributed by atoms with E-state index in [-0.39, 0.29) is 11.7 Å². The number of hydrogen-bond donors (Lipinski definition) is 4. The largest absolute Gasteiger partial charge is 0.384 e. The van der Waals surface area contributed by atoms with Crippen LogP contribution < -0.4 is 10.6 Å². The van der Waals surface area contributed by atoms with Gasteiger partial charge >= 0.3 is 0 Å². The molecule has 218 valence electrons. The normalized spacial score (nSPS) is 11.5. The van der Waals surface area contributed by atoms with E-state index >= 15 is 4.39 Å². The molecule has 0 spiro atoms. The molecule has 2 aromatic carbocycles. The van der Waals surface area contributed by atoms with E-state index in [9.17, 15) is 9.18 Å². The highest BCUT2D eigenvalue weighted by molar-refractivity contribution is 5.98. The predicted molar refractivity (Wildman–Crippen MR) is 164 cm³/mol. The van der Waals surface area contributed by atoms with Crippen molar-refractivity contribution in [2.75, 3.05) is 37.8 Å². The molecule has 10 nitrogen and oxygen atoms in total. The minimum atomic E-state index is -0.472. The Morgan fingerprint density at radius 1 is 0.977 bits per heavy atom. The van der Waals surface area contributed by atoms with Crippen molar-refractivity contribution in [3.63, 3.8) is 0 Å². The molecule has 0 saturated carbocycles. The van der Waals surface area contributed by atoms with Gasteiger partial charge in [0.15, 0.2) is 5.82 Å². The number of likely N-dealkylation sites (N-methyl/N-ethyl adjacent to an activating group) is 1. The molecule has 0 atom stereocenters. The van der Waals surface area contributed by atoms with Gasteiger partial charge in [-0.3, -0.25) is 19.9 Å². The second-order valence-corrected chi connectivity index (χ2v) is 10.4. The second kappa shape index (κ2) is 11.6. The van der Waals surface area contributed by atoms with Crippen LogP contribution in [0, 0.1) is 11.6 Å². The molecule has 4 N–H and O–H groups in total. The Kier molecular flexibility index (Phi) is 7.51.